The molecule has 1 N–H and O–H groups in total. The van der Waals surface area contributed by atoms with Gasteiger partial charge in [-0.15, -0.1) is 0 Å². The highest BCUT2D eigenvalue weighted by atomic mass is 32.2. The maximum atomic E-state index is 11.8. The second-order valence-corrected chi connectivity index (χ2v) is 8.27. The highest BCUT2D eigenvalue weighted by Crippen LogP contribution is 2.21. The summed E-state index contributed by atoms with van der Waals surface area (Å²) in [6.07, 6.45) is 3.85. The summed E-state index contributed by atoms with van der Waals surface area (Å²) in [7, 11) is -3.62. The first kappa shape index (κ1) is 21.1. The molecule has 0 heterocycles. The number of carboxylic acid groups (broad SMARTS) is 1. The van der Waals surface area contributed by atoms with Crippen LogP contribution in [-0.2, 0) is 33.7 Å². The monoisotopic (exact) mass is 376 g/mol. The molecule has 1 aliphatic rings. The molecule has 0 atom stereocenters. The van der Waals surface area contributed by atoms with Gasteiger partial charge in [-0.05, 0) is 25.7 Å². The fraction of sp³-hybridized carbons (Fsp3) is 0.688. The van der Waals surface area contributed by atoms with Gasteiger partial charge < -0.3 is 14.6 Å². The smallest absolute Gasteiger partial charge is 0.334 e. The molecule has 0 unspecified atom stereocenters. The highest BCUT2D eigenvalue weighted by Gasteiger charge is 2.21. The van der Waals surface area contributed by atoms with Crippen molar-refractivity contribution in [1.82, 2.24) is 0 Å². The molecule has 0 bridgehead atoms. The van der Waals surface area contributed by atoms with Crippen LogP contribution in [0.25, 0.3) is 0 Å². The average molecular weight is 376 g/mol. The predicted octanol–water partition coefficient (Wildman–Crippen LogP) is 1.24. The van der Waals surface area contributed by atoms with Crippen molar-refractivity contribution in [2.45, 2.75) is 51.0 Å². The van der Waals surface area contributed by atoms with Crippen molar-refractivity contribution in [3.05, 3.63) is 12.2 Å². The molecule has 0 saturated heterocycles. The van der Waals surface area contributed by atoms with Crippen molar-refractivity contribution in [1.29, 1.82) is 0 Å². The van der Waals surface area contributed by atoms with E-state index >= 15 is 0 Å². The minimum atomic E-state index is -3.62. The van der Waals surface area contributed by atoms with E-state index in [9.17, 15) is 22.8 Å². The number of hydrogen-bond donors (Lipinski definition) is 1. The summed E-state index contributed by atoms with van der Waals surface area (Å²) >= 11 is 0. The molecule has 25 heavy (non-hydrogen) atoms. The standard InChI is InChI=1S/C16H24O8S/c1-12(11-15(19)24-13-5-3-2-4-6-13)16(20)23-8-10-25(21,22)9-7-14(17)18/h13H,1-11H2,(H,17,18). The Hall–Kier alpha value is -1.90. The van der Waals surface area contributed by atoms with Gasteiger partial charge in [0.05, 0.1) is 24.3 Å². The van der Waals surface area contributed by atoms with Crippen LogP contribution in [0.2, 0.25) is 0 Å². The zero-order chi connectivity index (χ0) is 18.9. The van der Waals surface area contributed by atoms with Crippen LogP contribution >= 0.6 is 0 Å². The van der Waals surface area contributed by atoms with Crippen LogP contribution in [0.5, 0.6) is 0 Å². The molecule has 9 heteroatoms. The Kier molecular flexibility index (Phi) is 8.60. The Morgan fingerprint density at radius 2 is 1.72 bits per heavy atom. The molecule has 0 aromatic carbocycles. The number of carboxylic acids is 1. The summed E-state index contributed by atoms with van der Waals surface area (Å²) in [6, 6.07) is 0. The van der Waals surface area contributed by atoms with Gasteiger partial charge in [0.2, 0.25) is 0 Å². The molecule has 0 amide bonds. The van der Waals surface area contributed by atoms with Crippen molar-refractivity contribution in [3.63, 3.8) is 0 Å². The van der Waals surface area contributed by atoms with Crippen molar-refractivity contribution in [3.8, 4) is 0 Å². The van der Waals surface area contributed by atoms with Crippen LogP contribution in [0.1, 0.15) is 44.9 Å². The van der Waals surface area contributed by atoms with Gasteiger partial charge in [-0.1, -0.05) is 13.0 Å². The molecule has 8 nitrogen and oxygen atoms in total. The van der Waals surface area contributed by atoms with E-state index in [2.05, 4.69) is 6.58 Å². The van der Waals surface area contributed by atoms with Crippen molar-refractivity contribution >= 4 is 27.7 Å². The van der Waals surface area contributed by atoms with Crippen molar-refractivity contribution in [2.75, 3.05) is 18.1 Å². The summed E-state index contributed by atoms with van der Waals surface area (Å²) in [5, 5.41) is 8.46. The van der Waals surface area contributed by atoms with Gasteiger partial charge in [0.15, 0.2) is 9.84 Å². The summed E-state index contributed by atoms with van der Waals surface area (Å²) in [5.74, 6) is -3.64. The van der Waals surface area contributed by atoms with Gasteiger partial charge >= 0.3 is 17.9 Å². The van der Waals surface area contributed by atoms with E-state index in [4.69, 9.17) is 14.6 Å². The zero-order valence-corrected chi connectivity index (χ0v) is 14.9. The third kappa shape index (κ3) is 9.23. The van der Waals surface area contributed by atoms with Crippen LogP contribution < -0.4 is 0 Å². The molecule has 0 radical (unpaired) electrons. The number of carbonyl (C=O) groups is 3. The third-order valence-electron chi connectivity index (χ3n) is 3.75. The number of ether oxygens (including phenoxy) is 2. The molecule has 0 aliphatic heterocycles. The first-order chi connectivity index (χ1) is 11.7. The zero-order valence-electron chi connectivity index (χ0n) is 14.1. The average Bonchev–Trinajstić information content (AvgIpc) is 2.53. The summed E-state index contributed by atoms with van der Waals surface area (Å²) < 4.78 is 33.1. The lowest BCUT2D eigenvalue weighted by atomic mass is 9.98. The lowest BCUT2D eigenvalue weighted by Gasteiger charge is -2.21. The Labute approximate surface area is 147 Å². The van der Waals surface area contributed by atoms with E-state index in [0.717, 1.165) is 32.1 Å². The maximum absolute atomic E-state index is 11.8. The van der Waals surface area contributed by atoms with E-state index < -0.39 is 52.3 Å². The predicted molar refractivity (Wildman–Crippen MR) is 88.6 cm³/mol. The minimum Gasteiger partial charge on any atom is -0.481 e. The van der Waals surface area contributed by atoms with Crippen LogP contribution in [0.3, 0.4) is 0 Å². The molecular formula is C16H24O8S. The van der Waals surface area contributed by atoms with Gasteiger partial charge in [0, 0.05) is 5.57 Å². The fourth-order valence-corrected chi connectivity index (χ4v) is 3.39. The minimum absolute atomic E-state index is 0.108. The second-order valence-electron chi connectivity index (χ2n) is 5.96. The van der Waals surface area contributed by atoms with E-state index in [0.29, 0.717) is 0 Å². The summed E-state index contributed by atoms with van der Waals surface area (Å²) in [6.45, 7) is 3.04. The molecule has 0 aromatic heterocycles. The number of carbonyl (C=O) groups excluding carboxylic acids is 2. The number of aliphatic carboxylic acids is 1. The number of sulfone groups is 1. The van der Waals surface area contributed by atoms with Crippen molar-refractivity contribution in [2.24, 2.45) is 0 Å². The Bertz CT molecular complexity index is 602. The number of hydrogen-bond acceptors (Lipinski definition) is 7. The lowest BCUT2D eigenvalue weighted by Crippen LogP contribution is -2.23. The van der Waals surface area contributed by atoms with Crippen LogP contribution in [0.4, 0.5) is 0 Å². The van der Waals surface area contributed by atoms with Crippen LogP contribution in [0, 0.1) is 0 Å². The van der Waals surface area contributed by atoms with E-state index in [1.165, 1.54) is 0 Å². The van der Waals surface area contributed by atoms with Gasteiger partial charge in [0.1, 0.15) is 12.7 Å². The van der Waals surface area contributed by atoms with E-state index in [1.54, 1.807) is 0 Å². The molecule has 0 aromatic rings. The second kappa shape index (κ2) is 10.2. The number of esters is 2. The summed E-state index contributed by atoms with van der Waals surface area (Å²) in [4.78, 5) is 33.8. The molecule has 1 saturated carbocycles. The first-order valence-electron chi connectivity index (χ1n) is 8.16. The maximum Gasteiger partial charge on any atom is 0.334 e. The summed E-state index contributed by atoms with van der Waals surface area (Å²) in [5.41, 5.74) is -0.108. The normalized spacial score (nSPS) is 15.4. The first-order valence-corrected chi connectivity index (χ1v) is 9.98. The van der Waals surface area contributed by atoms with Gasteiger partial charge in [-0.25, -0.2) is 13.2 Å². The molecule has 0 spiro atoms. The van der Waals surface area contributed by atoms with Crippen molar-refractivity contribution < 1.29 is 37.4 Å². The topological polar surface area (TPSA) is 124 Å². The van der Waals surface area contributed by atoms with Gasteiger partial charge in [-0.3, -0.25) is 9.59 Å². The number of rotatable bonds is 10. The fourth-order valence-electron chi connectivity index (χ4n) is 2.37. The van der Waals surface area contributed by atoms with Gasteiger partial charge in [-0.2, -0.15) is 0 Å². The molecule has 1 fully saturated rings. The Balaban J connectivity index is 2.28. The highest BCUT2D eigenvalue weighted by molar-refractivity contribution is 7.91. The Morgan fingerprint density at radius 1 is 1.08 bits per heavy atom. The molecule has 1 aliphatic carbocycles. The lowest BCUT2D eigenvalue weighted by molar-refractivity contribution is -0.151. The Morgan fingerprint density at radius 3 is 2.32 bits per heavy atom. The van der Waals surface area contributed by atoms with Gasteiger partial charge in [0.25, 0.3) is 0 Å². The quantitative estimate of drug-likeness (QED) is 0.446. The van der Waals surface area contributed by atoms with E-state index in [-0.39, 0.29) is 18.1 Å². The third-order valence-corrected chi connectivity index (χ3v) is 5.37. The van der Waals surface area contributed by atoms with Crippen LogP contribution in [0.15, 0.2) is 12.2 Å². The largest absolute Gasteiger partial charge is 0.481 e. The van der Waals surface area contributed by atoms with Crippen LogP contribution in [-0.4, -0.2) is 55.6 Å². The molecule has 142 valence electrons. The molecule has 1 rings (SSSR count). The van der Waals surface area contributed by atoms with E-state index in [1.807, 2.05) is 0 Å². The SMILES string of the molecule is C=C(CC(=O)OC1CCCCC1)C(=O)OCCS(=O)(=O)CCC(=O)O. The molecular weight excluding hydrogens is 352 g/mol.